The van der Waals surface area contributed by atoms with Crippen molar-refractivity contribution in [2.24, 2.45) is 0 Å². The lowest BCUT2D eigenvalue weighted by Crippen LogP contribution is -2.15. The normalized spacial score (nSPS) is 10.4. The third-order valence-corrected chi connectivity index (χ3v) is 5.19. The van der Waals surface area contributed by atoms with Gasteiger partial charge in [-0.2, -0.15) is 0 Å². The van der Waals surface area contributed by atoms with Crippen LogP contribution in [0.2, 0.25) is 0 Å². The van der Waals surface area contributed by atoms with E-state index >= 15 is 0 Å². The van der Waals surface area contributed by atoms with Crippen LogP contribution in [-0.2, 0) is 13.2 Å². The summed E-state index contributed by atoms with van der Waals surface area (Å²) in [4.78, 5) is 13.0. The Morgan fingerprint density at radius 3 is 2.09 bits per heavy atom. The third kappa shape index (κ3) is 5.66. The smallest absolute Gasteiger partial charge is 0.257 e. The van der Waals surface area contributed by atoms with Gasteiger partial charge in [-0.1, -0.05) is 66.7 Å². The average Bonchev–Trinajstić information content (AvgIpc) is 2.87. The molecule has 0 aliphatic heterocycles. The second-order valence-corrected chi connectivity index (χ2v) is 7.59. The van der Waals surface area contributed by atoms with E-state index in [-0.39, 0.29) is 11.6 Å². The molecule has 4 aromatic rings. The molecule has 0 fully saturated rings. The lowest BCUT2D eigenvalue weighted by molar-refractivity contribution is 0.102. The number of nitrogens with two attached hydrogens (primary N) is 1. The number of amides is 1. The van der Waals surface area contributed by atoms with Crippen LogP contribution < -0.4 is 25.3 Å². The van der Waals surface area contributed by atoms with Crippen molar-refractivity contribution in [1.29, 1.82) is 0 Å². The Kier molecular flexibility index (Phi) is 7.30. The summed E-state index contributed by atoms with van der Waals surface area (Å²) in [7, 11) is 1.50. The standard InChI is InChI=1S/C28H26N2O4/c1-32-27-25(34-19-21-11-6-3-7-12-21)16-15-24(26(27)29)28(31)30-22-13-8-14-23(17-22)33-18-20-9-4-2-5-10-20/h2-17H,18-19,29H2,1H3,(H,30,31). The molecule has 0 aliphatic carbocycles. The Morgan fingerprint density at radius 1 is 0.794 bits per heavy atom. The fourth-order valence-corrected chi connectivity index (χ4v) is 3.44. The molecule has 0 saturated carbocycles. The predicted molar refractivity (Wildman–Crippen MR) is 133 cm³/mol. The second-order valence-electron chi connectivity index (χ2n) is 7.59. The van der Waals surface area contributed by atoms with Gasteiger partial charge in [-0.3, -0.25) is 4.79 Å². The van der Waals surface area contributed by atoms with Gasteiger partial charge in [-0.05, 0) is 35.4 Å². The van der Waals surface area contributed by atoms with Crippen molar-refractivity contribution in [2.45, 2.75) is 13.2 Å². The molecule has 0 atom stereocenters. The summed E-state index contributed by atoms with van der Waals surface area (Å²) in [5, 5.41) is 2.87. The topological polar surface area (TPSA) is 82.8 Å². The van der Waals surface area contributed by atoms with Gasteiger partial charge in [0.25, 0.3) is 5.91 Å². The Labute approximate surface area is 198 Å². The van der Waals surface area contributed by atoms with Crippen LogP contribution in [0.15, 0.2) is 97.1 Å². The monoisotopic (exact) mass is 454 g/mol. The Balaban J connectivity index is 1.44. The first-order valence-corrected chi connectivity index (χ1v) is 10.9. The van der Waals surface area contributed by atoms with Crippen LogP contribution in [0, 0.1) is 0 Å². The number of carbonyl (C=O) groups is 1. The zero-order valence-corrected chi connectivity index (χ0v) is 18.9. The summed E-state index contributed by atoms with van der Waals surface area (Å²) in [5.41, 5.74) is 9.44. The van der Waals surface area contributed by atoms with Crippen molar-refractivity contribution in [1.82, 2.24) is 0 Å². The van der Waals surface area contributed by atoms with Gasteiger partial charge >= 0.3 is 0 Å². The van der Waals surface area contributed by atoms with Crippen LogP contribution in [0.1, 0.15) is 21.5 Å². The number of methoxy groups -OCH3 is 1. The van der Waals surface area contributed by atoms with Gasteiger partial charge in [0.2, 0.25) is 0 Å². The maximum Gasteiger partial charge on any atom is 0.257 e. The minimum atomic E-state index is -0.356. The molecule has 0 bridgehead atoms. The fraction of sp³-hybridized carbons (Fsp3) is 0.107. The van der Waals surface area contributed by atoms with Crippen LogP contribution in [0.3, 0.4) is 0 Å². The zero-order chi connectivity index (χ0) is 23.8. The first-order valence-electron chi connectivity index (χ1n) is 10.9. The summed E-state index contributed by atoms with van der Waals surface area (Å²) in [6.45, 7) is 0.796. The number of rotatable bonds is 9. The molecule has 34 heavy (non-hydrogen) atoms. The molecule has 0 aliphatic rings. The van der Waals surface area contributed by atoms with E-state index in [9.17, 15) is 4.79 Å². The average molecular weight is 455 g/mol. The van der Waals surface area contributed by atoms with Crippen molar-refractivity contribution in [2.75, 3.05) is 18.2 Å². The molecule has 0 unspecified atom stereocenters. The quantitative estimate of drug-likeness (QED) is 0.318. The van der Waals surface area contributed by atoms with Gasteiger partial charge in [-0.25, -0.2) is 0 Å². The van der Waals surface area contributed by atoms with Gasteiger partial charge in [0, 0.05) is 11.8 Å². The number of nitrogen functional groups attached to an aromatic ring is 1. The Bertz CT molecular complexity index is 1240. The summed E-state index contributed by atoms with van der Waals surface area (Å²) in [6.07, 6.45) is 0. The maximum absolute atomic E-state index is 13.0. The van der Waals surface area contributed by atoms with Crippen molar-refractivity contribution in [3.05, 3.63) is 114 Å². The van der Waals surface area contributed by atoms with E-state index in [2.05, 4.69) is 5.32 Å². The lowest BCUT2D eigenvalue weighted by Gasteiger charge is -2.16. The molecule has 172 valence electrons. The van der Waals surface area contributed by atoms with Crippen LogP contribution in [0.5, 0.6) is 17.2 Å². The number of hydrogen-bond acceptors (Lipinski definition) is 5. The molecule has 0 radical (unpaired) electrons. The van der Waals surface area contributed by atoms with E-state index in [1.54, 1.807) is 24.3 Å². The van der Waals surface area contributed by atoms with Gasteiger partial charge in [0.05, 0.1) is 18.4 Å². The van der Waals surface area contributed by atoms with E-state index in [4.69, 9.17) is 19.9 Å². The number of nitrogens with one attached hydrogen (secondary N) is 1. The lowest BCUT2D eigenvalue weighted by atomic mass is 10.1. The van der Waals surface area contributed by atoms with Crippen molar-refractivity contribution in [3.63, 3.8) is 0 Å². The SMILES string of the molecule is COc1c(OCc2ccccc2)ccc(C(=O)Nc2cccc(OCc3ccccc3)c2)c1N. The predicted octanol–water partition coefficient (Wildman–Crippen LogP) is 5.69. The molecule has 1 amide bonds. The zero-order valence-electron chi connectivity index (χ0n) is 18.9. The first-order chi connectivity index (χ1) is 16.6. The highest BCUT2D eigenvalue weighted by atomic mass is 16.5. The molecule has 0 heterocycles. The highest BCUT2D eigenvalue weighted by Gasteiger charge is 2.18. The Hall–Kier alpha value is -4.45. The fourth-order valence-electron chi connectivity index (χ4n) is 3.44. The third-order valence-electron chi connectivity index (χ3n) is 5.19. The van der Waals surface area contributed by atoms with Crippen molar-refractivity contribution < 1.29 is 19.0 Å². The van der Waals surface area contributed by atoms with Gasteiger partial charge in [0.15, 0.2) is 11.5 Å². The minimum Gasteiger partial charge on any atom is -0.491 e. The van der Waals surface area contributed by atoms with Crippen LogP contribution >= 0.6 is 0 Å². The van der Waals surface area contributed by atoms with E-state index < -0.39 is 0 Å². The maximum atomic E-state index is 13.0. The van der Waals surface area contributed by atoms with Crippen LogP contribution in [0.25, 0.3) is 0 Å². The molecule has 0 saturated heterocycles. The molecule has 0 spiro atoms. The van der Waals surface area contributed by atoms with E-state index in [1.165, 1.54) is 7.11 Å². The summed E-state index contributed by atoms with van der Waals surface area (Å²) in [6, 6.07) is 30.2. The summed E-state index contributed by atoms with van der Waals surface area (Å²) < 4.78 is 17.2. The molecule has 6 nitrogen and oxygen atoms in total. The van der Waals surface area contributed by atoms with Gasteiger partial charge in [0.1, 0.15) is 19.0 Å². The van der Waals surface area contributed by atoms with E-state index in [0.717, 1.165) is 11.1 Å². The molecular formula is C28H26N2O4. The van der Waals surface area contributed by atoms with Gasteiger partial charge < -0.3 is 25.3 Å². The highest BCUT2D eigenvalue weighted by Crippen LogP contribution is 2.36. The van der Waals surface area contributed by atoms with Crippen molar-refractivity contribution in [3.8, 4) is 17.2 Å². The molecule has 4 rings (SSSR count). The van der Waals surface area contributed by atoms with Crippen LogP contribution in [0.4, 0.5) is 11.4 Å². The molecular weight excluding hydrogens is 428 g/mol. The molecule has 4 aromatic carbocycles. The largest absolute Gasteiger partial charge is 0.491 e. The molecule has 3 N–H and O–H groups in total. The Morgan fingerprint density at radius 2 is 1.44 bits per heavy atom. The highest BCUT2D eigenvalue weighted by molar-refractivity contribution is 6.09. The van der Waals surface area contributed by atoms with Gasteiger partial charge in [-0.15, -0.1) is 0 Å². The molecule has 6 heteroatoms. The second kappa shape index (κ2) is 10.9. The van der Waals surface area contributed by atoms with Crippen LogP contribution in [-0.4, -0.2) is 13.0 Å². The number of ether oxygens (including phenoxy) is 3. The number of hydrogen-bond donors (Lipinski definition) is 2. The number of benzene rings is 4. The summed E-state index contributed by atoms with van der Waals surface area (Å²) >= 11 is 0. The first kappa shape index (κ1) is 22.7. The molecule has 0 aromatic heterocycles. The van der Waals surface area contributed by atoms with E-state index in [1.807, 2.05) is 72.8 Å². The minimum absolute atomic E-state index is 0.210. The van der Waals surface area contributed by atoms with Crippen molar-refractivity contribution >= 4 is 17.3 Å². The van der Waals surface area contributed by atoms with E-state index in [0.29, 0.717) is 41.7 Å². The number of anilines is 2. The summed E-state index contributed by atoms with van der Waals surface area (Å²) in [5.74, 6) is 1.09. The number of carbonyl (C=O) groups excluding carboxylic acids is 1.